The van der Waals surface area contributed by atoms with Gasteiger partial charge in [0.15, 0.2) is 0 Å². The van der Waals surface area contributed by atoms with E-state index in [9.17, 15) is 4.79 Å². The van der Waals surface area contributed by atoms with Gasteiger partial charge in [-0.1, -0.05) is 0 Å². The maximum Gasteiger partial charge on any atom is 0.239 e. The highest BCUT2D eigenvalue weighted by Gasteiger charge is 2.21. The molecular formula is C14H29N3O. The van der Waals surface area contributed by atoms with Crippen LogP contribution < -0.4 is 5.32 Å². The van der Waals surface area contributed by atoms with E-state index in [1.165, 1.54) is 25.9 Å². The average Bonchev–Trinajstić information content (AvgIpc) is 2.39. The molecule has 1 N–H and O–H groups in total. The van der Waals surface area contributed by atoms with E-state index < -0.39 is 0 Å². The van der Waals surface area contributed by atoms with E-state index in [4.69, 9.17) is 0 Å². The third-order valence-electron chi connectivity index (χ3n) is 4.00. The molecule has 0 radical (unpaired) electrons. The van der Waals surface area contributed by atoms with E-state index in [0.29, 0.717) is 0 Å². The Labute approximate surface area is 112 Å². The van der Waals surface area contributed by atoms with E-state index in [2.05, 4.69) is 17.3 Å². The highest BCUT2D eigenvalue weighted by atomic mass is 16.2. The summed E-state index contributed by atoms with van der Waals surface area (Å²) in [4.78, 5) is 16.4. The lowest BCUT2D eigenvalue weighted by Crippen LogP contribution is -2.46. The van der Waals surface area contributed by atoms with Gasteiger partial charge in [-0.3, -0.25) is 4.79 Å². The van der Waals surface area contributed by atoms with Crippen molar-refractivity contribution in [2.45, 2.75) is 39.7 Å². The van der Waals surface area contributed by atoms with Crippen molar-refractivity contribution in [3.63, 3.8) is 0 Å². The molecule has 0 saturated carbocycles. The molecule has 0 aromatic heterocycles. The van der Waals surface area contributed by atoms with Gasteiger partial charge in [0.1, 0.15) is 0 Å². The first kappa shape index (κ1) is 15.4. The normalized spacial score (nSPS) is 19.8. The topological polar surface area (TPSA) is 35.6 Å². The van der Waals surface area contributed by atoms with Crippen molar-refractivity contribution < 1.29 is 4.79 Å². The first-order valence-corrected chi connectivity index (χ1v) is 7.29. The number of hydrogen-bond acceptors (Lipinski definition) is 3. The molecule has 4 nitrogen and oxygen atoms in total. The Kier molecular flexibility index (Phi) is 6.65. The van der Waals surface area contributed by atoms with Gasteiger partial charge in [0, 0.05) is 13.1 Å². The maximum atomic E-state index is 12.1. The van der Waals surface area contributed by atoms with E-state index in [1.54, 1.807) is 0 Å². The fraction of sp³-hybridized carbons (Fsp3) is 0.929. The van der Waals surface area contributed by atoms with Gasteiger partial charge in [0.05, 0.1) is 6.04 Å². The molecule has 0 aromatic carbocycles. The van der Waals surface area contributed by atoms with Gasteiger partial charge in [0.25, 0.3) is 0 Å². The van der Waals surface area contributed by atoms with Crippen molar-refractivity contribution >= 4 is 5.91 Å². The predicted molar refractivity (Wildman–Crippen MR) is 75.6 cm³/mol. The molecule has 1 aliphatic heterocycles. The second-order valence-electron chi connectivity index (χ2n) is 5.39. The summed E-state index contributed by atoms with van der Waals surface area (Å²) < 4.78 is 0. The molecule has 0 bridgehead atoms. The third kappa shape index (κ3) is 4.58. The Morgan fingerprint density at radius 2 is 1.89 bits per heavy atom. The SMILES string of the molecule is CCN(CC)C(=O)C(C)NCC1CCN(C)CC1. The molecule has 1 aliphatic rings. The van der Waals surface area contributed by atoms with Crippen molar-refractivity contribution in [1.82, 2.24) is 15.1 Å². The lowest BCUT2D eigenvalue weighted by molar-refractivity contribution is -0.132. The monoisotopic (exact) mass is 255 g/mol. The van der Waals surface area contributed by atoms with Crippen LogP contribution in [0, 0.1) is 5.92 Å². The molecule has 18 heavy (non-hydrogen) atoms. The molecule has 1 rings (SSSR count). The highest BCUT2D eigenvalue weighted by Crippen LogP contribution is 2.14. The molecule has 4 heteroatoms. The maximum absolute atomic E-state index is 12.1. The summed E-state index contributed by atoms with van der Waals surface area (Å²) in [5.74, 6) is 0.959. The van der Waals surface area contributed by atoms with Crippen LogP contribution in [0.2, 0.25) is 0 Å². The van der Waals surface area contributed by atoms with Crippen LogP contribution in [0.1, 0.15) is 33.6 Å². The lowest BCUT2D eigenvalue weighted by Gasteiger charge is -2.30. The summed E-state index contributed by atoms with van der Waals surface area (Å²) in [5.41, 5.74) is 0. The van der Waals surface area contributed by atoms with Gasteiger partial charge < -0.3 is 15.1 Å². The Morgan fingerprint density at radius 1 is 1.33 bits per heavy atom. The average molecular weight is 255 g/mol. The van der Waals surface area contributed by atoms with E-state index in [1.807, 2.05) is 25.7 Å². The summed E-state index contributed by atoms with van der Waals surface area (Å²) in [6.45, 7) is 11.0. The minimum absolute atomic E-state index is 0.0513. The lowest BCUT2D eigenvalue weighted by atomic mass is 9.97. The molecule has 0 aromatic rings. The molecule has 1 unspecified atom stereocenters. The van der Waals surface area contributed by atoms with Crippen LogP contribution >= 0.6 is 0 Å². The van der Waals surface area contributed by atoms with Crippen LogP contribution in [0.4, 0.5) is 0 Å². The molecule has 106 valence electrons. The molecule has 1 atom stereocenters. The second-order valence-corrected chi connectivity index (χ2v) is 5.39. The minimum atomic E-state index is -0.0513. The van der Waals surface area contributed by atoms with E-state index in [-0.39, 0.29) is 11.9 Å². The number of carbonyl (C=O) groups is 1. The van der Waals surface area contributed by atoms with Gasteiger partial charge in [0.2, 0.25) is 5.91 Å². The smallest absolute Gasteiger partial charge is 0.239 e. The summed E-state index contributed by atoms with van der Waals surface area (Å²) in [6, 6.07) is -0.0513. The standard InChI is InChI=1S/C14H29N3O/c1-5-17(6-2)14(18)12(3)15-11-13-7-9-16(4)10-8-13/h12-13,15H,5-11H2,1-4H3. The van der Waals surface area contributed by atoms with Crippen molar-refractivity contribution in [2.75, 3.05) is 39.8 Å². The highest BCUT2D eigenvalue weighted by molar-refractivity contribution is 5.81. The zero-order chi connectivity index (χ0) is 13.5. The number of nitrogens with one attached hydrogen (secondary N) is 1. The third-order valence-corrected chi connectivity index (χ3v) is 4.00. The molecular weight excluding hydrogens is 226 g/mol. The molecule has 1 fully saturated rings. The molecule has 1 amide bonds. The summed E-state index contributed by atoms with van der Waals surface area (Å²) >= 11 is 0. The number of nitrogens with zero attached hydrogens (tertiary/aromatic N) is 2. The van der Waals surface area contributed by atoms with E-state index in [0.717, 1.165) is 25.6 Å². The Balaban J connectivity index is 2.27. The van der Waals surface area contributed by atoms with Crippen molar-refractivity contribution in [3.05, 3.63) is 0 Å². The molecule has 1 heterocycles. The molecule has 1 saturated heterocycles. The van der Waals surface area contributed by atoms with Crippen LogP contribution in [0.25, 0.3) is 0 Å². The number of rotatable bonds is 6. The summed E-state index contributed by atoms with van der Waals surface area (Å²) in [6.07, 6.45) is 2.49. The zero-order valence-electron chi connectivity index (χ0n) is 12.4. The first-order chi connectivity index (χ1) is 8.58. The van der Waals surface area contributed by atoms with Gasteiger partial charge in [-0.15, -0.1) is 0 Å². The Hall–Kier alpha value is -0.610. The van der Waals surface area contributed by atoms with Crippen LogP contribution in [-0.2, 0) is 4.79 Å². The molecule has 0 aliphatic carbocycles. The zero-order valence-corrected chi connectivity index (χ0v) is 12.4. The number of carbonyl (C=O) groups excluding carboxylic acids is 1. The first-order valence-electron chi connectivity index (χ1n) is 7.29. The van der Waals surface area contributed by atoms with E-state index >= 15 is 0 Å². The van der Waals surface area contributed by atoms with Crippen LogP contribution in [0.3, 0.4) is 0 Å². The van der Waals surface area contributed by atoms with Gasteiger partial charge in [-0.25, -0.2) is 0 Å². The number of likely N-dealkylation sites (tertiary alicyclic amines) is 1. The van der Waals surface area contributed by atoms with Crippen LogP contribution in [0.5, 0.6) is 0 Å². The van der Waals surface area contributed by atoms with Gasteiger partial charge >= 0.3 is 0 Å². The largest absolute Gasteiger partial charge is 0.342 e. The molecule has 0 spiro atoms. The van der Waals surface area contributed by atoms with Gasteiger partial charge in [-0.2, -0.15) is 0 Å². The van der Waals surface area contributed by atoms with Crippen molar-refractivity contribution in [1.29, 1.82) is 0 Å². The number of piperidine rings is 1. The minimum Gasteiger partial charge on any atom is -0.342 e. The Bertz CT molecular complexity index is 245. The quantitative estimate of drug-likeness (QED) is 0.774. The van der Waals surface area contributed by atoms with Crippen LogP contribution in [0.15, 0.2) is 0 Å². The number of amides is 1. The Morgan fingerprint density at radius 3 is 2.39 bits per heavy atom. The van der Waals surface area contributed by atoms with Crippen molar-refractivity contribution in [2.24, 2.45) is 5.92 Å². The number of likely N-dealkylation sites (N-methyl/N-ethyl adjacent to an activating group) is 1. The summed E-state index contributed by atoms with van der Waals surface area (Å²) in [7, 11) is 2.18. The van der Waals surface area contributed by atoms with Gasteiger partial charge in [-0.05, 0) is 66.2 Å². The fourth-order valence-electron chi connectivity index (χ4n) is 2.51. The van der Waals surface area contributed by atoms with Crippen molar-refractivity contribution in [3.8, 4) is 0 Å². The predicted octanol–water partition coefficient (Wildman–Crippen LogP) is 1.17. The second kappa shape index (κ2) is 7.74. The fourth-order valence-corrected chi connectivity index (χ4v) is 2.51. The summed E-state index contributed by atoms with van der Waals surface area (Å²) in [5, 5.41) is 3.41. The van der Waals surface area contributed by atoms with Crippen LogP contribution in [-0.4, -0.2) is 61.5 Å². The number of hydrogen-bond donors (Lipinski definition) is 1.